The molecule has 2 aromatic carbocycles. The smallest absolute Gasteiger partial charge is 0.255 e. The molecular weight excluding hydrogens is 338 g/mol. The first-order valence-electron chi connectivity index (χ1n) is 8.45. The monoisotopic (exact) mass is 361 g/mol. The van der Waals surface area contributed by atoms with Gasteiger partial charge in [-0.3, -0.25) is 4.79 Å². The van der Waals surface area contributed by atoms with Crippen molar-refractivity contribution < 1.29 is 4.79 Å². The van der Waals surface area contributed by atoms with Crippen LogP contribution in [0.5, 0.6) is 0 Å². The van der Waals surface area contributed by atoms with Crippen LogP contribution in [0.25, 0.3) is 6.08 Å². The molecule has 0 fully saturated rings. The second-order valence-electron chi connectivity index (χ2n) is 5.66. The summed E-state index contributed by atoms with van der Waals surface area (Å²) in [6.07, 6.45) is 12.8. The summed E-state index contributed by atoms with van der Waals surface area (Å²) >= 11 is 4.23. The third-order valence-electron chi connectivity index (χ3n) is 3.83. The van der Waals surface area contributed by atoms with Crippen molar-refractivity contribution >= 4 is 30.3 Å². The summed E-state index contributed by atoms with van der Waals surface area (Å²) in [6.45, 7) is 6.00. The molecule has 0 radical (unpaired) electrons. The van der Waals surface area contributed by atoms with Crippen molar-refractivity contribution in [1.29, 1.82) is 0 Å². The van der Waals surface area contributed by atoms with E-state index in [0.29, 0.717) is 5.56 Å². The lowest BCUT2D eigenvalue weighted by atomic mass is 10.0. The second-order valence-corrected chi connectivity index (χ2v) is 6.18. The summed E-state index contributed by atoms with van der Waals surface area (Å²) in [5.41, 5.74) is 3.81. The van der Waals surface area contributed by atoms with E-state index in [1.54, 1.807) is 0 Å². The largest absolute Gasteiger partial charge is 0.322 e. The number of carbonyl (C=O) groups is 1. The quantitative estimate of drug-likeness (QED) is 0.484. The second kappa shape index (κ2) is 10.3. The van der Waals surface area contributed by atoms with Crippen LogP contribution in [-0.2, 0) is 0 Å². The average Bonchev–Trinajstić information content (AvgIpc) is 2.71. The SMILES string of the molecule is C=C.O=C(Nc1ccc(S)cc1)c1ccc(/C=C/C2=CC=CCC2)cc1. The van der Waals surface area contributed by atoms with E-state index >= 15 is 0 Å². The van der Waals surface area contributed by atoms with Crippen LogP contribution in [0.15, 0.2) is 96.5 Å². The lowest BCUT2D eigenvalue weighted by molar-refractivity contribution is 0.102. The third kappa shape index (κ3) is 5.94. The van der Waals surface area contributed by atoms with E-state index in [1.165, 1.54) is 5.57 Å². The van der Waals surface area contributed by atoms with E-state index < -0.39 is 0 Å². The van der Waals surface area contributed by atoms with E-state index in [4.69, 9.17) is 0 Å². The number of amides is 1. The normalized spacial score (nSPS) is 12.9. The zero-order chi connectivity index (χ0) is 18.8. The van der Waals surface area contributed by atoms with Crippen molar-refractivity contribution in [3.8, 4) is 0 Å². The molecule has 3 heteroatoms. The Hall–Kier alpha value is -2.78. The molecule has 0 bridgehead atoms. The number of thiol groups is 1. The highest BCUT2D eigenvalue weighted by atomic mass is 32.1. The van der Waals surface area contributed by atoms with Gasteiger partial charge >= 0.3 is 0 Å². The lowest BCUT2D eigenvalue weighted by Crippen LogP contribution is -2.11. The number of benzene rings is 2. The number of carbonyl (C=O) groups excluding carboxylic acids is 1. The summed E-state index contributed by atoms with van der Waals surface area (Å²) in [7, 11) is 0. The van der Waals surface area contributed by atoms with Crippen LogP contribution < -0.4 is 5.32 Å². The Bertz CT molecular complexity index is 814. The molecule has 0 heterocycles. The van der Waals surface area contributed by atoms with Crippen LogP contribution in [0, 0.1) is 0 Å². The number of allylic oxidation sites excluding steroid dienone is 5. The lowest BCUT2D eigenvalue weighted by Gasteiger charge is -2.06. The highest BCUT2D eigenvalue weighted by molar-refractivity contribution is 7.80. The molecule has 1 N–H and O–H groups in total. The molecule has 0 saturated carbocycles. The molecule has 26 heavy (non-hydrogen) atoms. The standard InChI is InChI=1S/C21H19NOS.C2H4/c23-21(22-19-12-14-20(24)15-13-19)18-10-8-17(9-11-18)7-6-16-4-2-1-3-5-16;1-2/h1-2,4,6-15,24H,3,5H2,(H,22,23);1-2H2/b7-6+;. The third-order valence-corrected chi connectivity index (χ3v) is 4.13. The zero-order valence-corrected chi connectivity index (χ0v) is 15.6. The summed E-state index contributed by atoms with van der Waals surface area (Å²) in [5, 5.41) is 2.88. The van der Waals surface area contributed by atoms with Crippen LogP contribution in [0.3, 0.4) is 0 Å². The molecule has 1 amide bonds. The van der Waals surface area contributed by atoms with Crippen LogP contribution in [-0.4, -0.2) is 5.91 Å². The Morgan fingerprint density at radius 2 is 1.69 bits per heavy atom. The van der Waals surface area contributed by atoms with Gasteiger partial charge in [0, 0.05) is 16.1 Å². The molecule has 0 aliphatic heterocycles. The maximum atomic E-state index is 12.3. The molecule has 0 spiro atoms. The Morgan fingerprint density at radius 1 is 1.00 bits per heavy atom. The zero-order valence-electron chi connectivity index (χ0n) is 14.7. The van der Waals surface area contributed by atoms with Crippen LogP contribution in [0.1, 0.15) is 28.8 Å². The molecule has 0 saturated heterocycles. The minimum absolute atomic E-state index is 0.113. The molecule has 0 unspecified atom stereocenters. The fourth-order valence-corrected chi connectivity index (χ4v) is 2.61. The van der Waals surface area contributed by atoms with Crippen molar-refractivity contribution in [2.24, 2.45) is 0 Å². The summed E-state index contributed by atoms with van der Waals surface area (Å²) in [6, 6.07) is 15.0. The maximum Gasteiger partial charge on any atom is 0.255 e. The van der Waals surface area contributed by atoms with Crippen molar-refractivity contribution in [3.63, 3.8) is 0 Å². The van der Waals surface area contributed by atoms with Crippen molar-refractivity contribution in [1.82, 2.24) is 0 Å². The van der Waals surface area contributed by atoms with Gasteiger partial charge in [0.05, 0.1) is 0 Å². The number of anilines is 1. The fourth-order valence-electron chi connectivity index (χ4n) is 2.46. The fraction of sp³-hybridized carbons (Fsp3) is 0.0870. The van der Waals surface area contributed by atoms with Crippen molar-refractivity contribution in [2.75, 3.05) is 5.32 Å². The topological polar surface area (TPSA) is 29.1 Å². The minimum atomic E-state index is -0.113. The van der Waals surface area contributed by atoms with Crippen molar-refractivity contribution in [2.45, 2.75) is 17.7 Å². The summed E-state index contributed by atoms with van der Waals surface area (Å²) < 4.78 is 0. The Morgan fingerprint density at radius 3 is 2.31 bits per heavy atom. The molecule has 2 nitrogen and oxygen atoms in total. The van der Waals surface area contributed by atoms with Gasteiger partial charge in [0.1, 0.15) is 0 Å². The van der Waals surface area contributed by atoms with E-state index in [9.17, 15) is 4.79 Å². The molecule has 0 aromatic heterocycles. The van der Waals surface area contributed by atoms with Gasteiger partial charge in [-0.25, -0.2) is 0 Å². The van der Waals surface area contributed by atoms with E-state index in [-0.39, 0.29) is 5.91 Å². The highest BCUT2D eigenvalue weighted by Gasteiger charge is 2.05. The Kier molecular flexibility index (Phi) is 7.72. The minimum Gasteiger partial charge on any atom is -0.322 e. The molecule has 0 atom stereocenters. The van der Waals surface area contributed by atoms with Gasteiger partial charge in [0.2, 0.25) is 0 Å². The van der Waals surface area contributed by atoms with Crippen LogP contribution in [0.4, 0.5) is 5.69 Å². The number of rotatable bonds is 4. The van der Waals surface area contributed by atoms with E-state index in [1.807, 2.05) is 48.5 Å². The van der Waals surface area contributed by atoms with Gasteiger partial charge in [-0.15, -0.1) is 25.8 Å². The van der Waals surface area contributed by atoms with E-state index in [2.05, 4.69) is 61.5 Å². The van der Waals surface area contributed by atoms with Crippen molar-refractivity contribution in [3.05, 3.63) is 103 Å². The van der Waals surface area contributed by atoms with Gasteiger partial charge in [0.15, 0.2) is 0 Å². The molecule has 3 rings (SSSR count). The molecule has 132 valence electrons. The Labute approximate surface area is 161 Å². The van der Waals surface area contributed by atoms with Gasteiger partial charge < -0.3 is 5.32 Å². The Balaban J connectivity index is 0.00000117. The molecule has 1 aliphatic carbocycles. The predicted octanol–water partition coefficient (Wildman–Crippen LogP) is 6.32. The predicted molar refractivity (Wildman–Crippen MR) is 115 cm³/mol. The van der Waals surface area contributed by atoms with Gasteiger partial charge in [-0.2, -0.15) is 0 Å². The van der Waals surface area contributed by atoms with Gasteiger partial charge in [-0.1, -0.05) is 42.5 Å². The van der Waals surface area contributed by atoms with Gasteiger partial charge in [-0.05, 0) is 60.4 Å². The first kappa shape index (κ1) is 19.5. The number of nitrogens with one attached hydrogen (secondary N) is 1. The van der Waals surface area contributed by atoms with Crippen LogP contribution in [0.2, 0.25) is 0 Å². The molecule has 1 aliphatic rings. The summed E-state index contributed by atoms with van der Waals surface area (Å²) in [5.74, 6) is -0.113. The average molecular weight is 362 g/mol. The highest BCUT2D eigenvalue weighted by Crippen LogP contribution is 2.16. The number of hydrogen-bond acceptors (Lipinski definition) is 2. The molecule has 2 aromatic rings. The van der Waals surface area contributed by atoms with Gasteiger partial charge in [0.25, 0.3) is 5.91 Å². The number of hydrogen-bond donors (Lipinski definition) is 2. The summed E-state index contributed by atoms with van der Waals surface area (Å²) in [4.78, 5) is 13.1. The first-order valence-corrected chi connectivity index (χ1v) is 8.90. The van der Waals surface area contributed by atoms with Crippen LogP contribution >= 0.6 is 12.6 Å². The maximum absolute atomic E-state index is 12.3. The first-order chi connectivity index (χ1) is 12.7. The molecular formula is C23H23NOS. The van der Waals surface area contributed by atoms with E-state index in [0.717, 1.165) is 29.0 Å².